The smallest absolute Gasteiger partial charge is 0.321 e. The van der Waals surface area contributed by atoms with Gasteiger partial charge in [0.1, 0.15) is 0 Å². The second-order valence-electron chi connectivity index (χ2n) is 5.85. The zero-order valence-electron chi connectivity index (χ0n) is 13.2. The first-order valence-electron chi connectivity index (χ1n) is 7.86. The average molecular weight is 339 g/mol. The second kappa shape index (κ2) is 7.19. The first-order valence-corrected chi connectivity index (χ1v) is 7.86. The summed E-state index contributed by atoms with van der Waals surface area (Å²) in [4.78, 5) is 26.0. The Morgan fingerprint density at radius 1 is 1.39 bits per heavy atom. The fourth-order valence-corrected chi connectivity index (χ4v) is 3.18. The van der Waals surface area contributed by atoms with Crippen LogP contribution < -0.4 is 20.9 Å². The highest BCUT2D eigenvalue weighted by Gasteiger charge is 2.39. The van der Waals surface area contributed by atoms with Crippen molar-refractivity contribution in [3.63, 3.8) is 0 Å². The van der Waals surface area contributed by atoms with Gasteiger partial charge >= 0.3 is 6.03 Å². The van der Waals surface area contributed by atoms with Crippen molar-refractivity contribution in [3.8, 4) is 0 Å². The number of hydrogen-bond donors (Lipinski definition) is 3. The van der Waals surface area contributed by atoms with E-state index in [0.717, 1.165) is 37.2 Å². The fraction of sp³-hybridized carbons (Fsp3) is 0.500. The summed E-state index contributed by atoms with van der Waals surface area (Å²) in [7, 11) is 0. The Morgan fingerprint density at radius 3 is 2.83 bits per heavy atom. The van der Waals surface area contributed by atoms with Gasteiger partial charge in [-0.2, -0.15) is 0 Å². The minimum atomic E-state index is -0.457. The summed E-state index contributed by atoms with van der Waals surface area (Å²) >= 11 is 0. The number of anilines is 2. The molecule has 0 saturated carbocycles. The molecular weight excluding hydrogens is 316 g/mol. The minimum absolute atomic E-state index is 0. The topological polar surface area (TPSA) is 73.5 Å². The molecule has 6 nitrogen and oxygen atoms in total. The van der Waals surface area contributed by atoms with E-state index in [1.54, 1.807) is 4.90 Å². The summed E-state index contributed by atoms with van der Waals surface area (Å²) in [6, 6.07) is 7.35. The maximum Gasteiger partial charge on any atom is 0.321 e. The van der Waals surface area contributed by atoms with E-state index in [-0.39, 0.29) is 24.3 Å². The van der Waals surface area contributed by atoms with Gasteiger partial charge < -0.3 is 16.0 Å². The Balaban J connectivity index is 0.00000192. The lowest BCUT2D eigenvalue weighted by Gasteiger charge is -2.27. The Kier molecular flexibility index (Phi) is 5.49. The molecule has 23 heavy (non-hydrogen) atoms. The lowest BCUT2D eigenvalue weighted by Crippen LogP contribution is -2.50. The van der Waals surface area contributed by atoms with E-state index in [4.69, 9.17) is 0 Å². The van der Waals surface area contributed by atoms with Gasteiger partial charge in [-0.25, -0.2) is 4.79 Å². The molecule has 1 unspecified atom stereocenters. The average Bonchev–Trinajstić information content (AvgIpc) is 3.17. The molecular formula is C16H23ClN4O2. The molecule has 7 heteroatoms. The lowest BCUT2D eigenvalue weighted by atomic mass is 9.93. The van der Waals surface area contributed by atoms with Crippen LogP contribution in [0.4, 0.5) is 16.2 Å². The molecule has 3 N–H and O–H groups in total. The van der Waals surface area contributed by atoms with Crippen molar-refractivity contribution in [2.75, 3.05) is 29.9 Å². The summed E-state index contributed by atoms with van der Waals surface area (Å²) in [5.41, 5.74) is 1.07. The number of urea groups is 1. The number of nitrogens with one attached hydrogen (secondary N) is 3. The molecule has 1 aromatic carbocycles. The van der Waals surface area contributed by atoms with Crippen LogP contribution in [0.5, 0.6) is 0 Å². The number of nitrogens with zero attached hydrogens (tertiary/aromatic N) is 1. The monoisotopic (exact) mass is 338 g/mol. The van der Waals surface area contributed by atoms with Crippen LogP contribution in [-0.4, -0.2) is 37.1 Å². The van der Waals surface area contributed by atoms with E-state index >= 15 is 0 Å². The van der Waals surface area contributed by atoms with Crippen molar-refractivity contribution in [2.45, 2.75) is 31.7 Å². The zero-order chi connectivity index (χ0) is 15.6. The van der Waals surface area contributed by atoms with Gasteiger partial charge in [-0.3, -0.25) is 9.69 Å². The highest BCUT2D eigenvalue weighted by molar-refractivity contribution is 5.99. The van der Waals surface area contributed by atoms with E-state index < -0.39 is 5.54 Å². The fourth-order valence-electron chi connectivity index (χ4n) is 3.18. The molecule has 3 amide bonds. The van der Waals surface area contributed by atoms with E-state index in [0.29, 0.717) is 13.1 Å². The van der Waals surface area contributed by atoms with Crippen LogP contribution in [0.25, 0.3) is 0 Å². The Morgan fingerprint density at radius 2 is 2.22 bits per heavy atom. The van der Waals surface area contributed by atoms with Crippen LogP contribution >= 0.6 is 12.4 Å². The summed E-state index contributed by atoms with van der Waals surface area (Å²) < 4.78 is 0. The normalized spacial score (nSPS) is 23.3. The molecule has 1 aromatic rings. The molecule has 0 spiro atoms. The third-order valence-corrected chi connectivity index (χ3v) is 4.55. The van der Waals surface area contributed by atoms with Crippen LogP contribution in [0, 0.1) is 0 Å². The molecule has 0 bridgehead atoms. The molecule has 2 aliphatic rings. The van der Waals surface area contributed by atoms with Crippen LogP contribution in [0.3, 0.4) is 0 Å². The molecule has 2 fully saturated rings. The Labute approximate surface area is 142 Å². The molecule has 126 valence electrons. The largest absolute Gasteiger partial charge is 0.336 e. The van der Waals surface area contributed by atoms with E-state index in [2.05, 4.69) is 16.0 Å². The first-order chi connectivity index (χ1) is 10.6. The number of benzene rings is 1. The number of halogens is 1. The van der Waals surface area contributed by atoms with Crippen molar-refractivity contribution < 1.29 is 9.59 Å². The molecule has 2 aliphatic heterocycles. The summed E-state index contributed by atoms with van der Waals surface area (Å²) in [6.45, 7) is 4.22. The van der Waals surface area contributed by atoms with Crippen molar-refractivity contribution in [1.82, 2.24) is 10.6 Å². The predicted molar refractivity (Wildman–Crippen MR) is 93.3 cm³/mol. The molecule has 1 atom stereocenters. The SMILES string of the molecule is CCC1(C(=O)Nc2cccc(N3CCNC3=O)c2)CCCN1.Cl. The Bertz CT molecular complexity index is 587. The van der Waals surface area contributed by atoms with Crippen molar-refractivity contribution in [3.05, 3.63) is 24.3 Å². The molecule has 2 saturated heterocycles. The van der Waals surface area contributed by atoms with E-state index in [9.17, 15) is 9.59 Å². The lowest BCUT2D eigenvalue weighted by molar-refractivity contribution is -0.122. The predicted octanol–water partition coefficient (Wildman–Crippen LogP) is 2.11. The van der Waals surface area contributed by atoms with Gasteiger partial charge in [-0.1, -0.05) is 13.0 Å². The molecule has 2 heterocycles. The second-order valence-corrected chi connectivity index (χ2v) is 5.85. The van der Waals surface area contributed by atoms with Gasteiger partial charge in [0, 0.05) is 24.5 Å². The quantitative estimate of drug-likeness (QED) is 0.787. The van der Waals surface area contributed by atoms with Crippen molar-refractivity contribution in [2.24, 2.45) is 0 Å². The third-order valence-electron chi connectivity index (χ3n) is 4.55. The van der Waals surface area contributed by atoms with Gasteiger partial charge in [0.05, 0.1) is 5.54 Å². The van der Waals surface area contributed by atoms with Crippen LogP contribution in [0.15, 0.2) is 24.3 Å². The third kappa shape index (κ3) is 3.43. The summed E-state index contributed by atoms with van der Waals surface area (Å²) in [6.07, 6.45) is 2.66. The van der Waals surface area contributed by atoms with Crippen LogP contribution in [0.1, 0.15) is 26.2 Å². The first kappa shape index (κ1) is 17.6. The van der Waals surface area contributed by atoms with Crippen LogP contribution in [0.2, 0.25) is 0 Å². The minimum Gasteiger partial charge on any atom is -0.336 e. The highest BCUT2D eigenvalue weighted by atomic mass is 35.5. The standard InChI is InChI=1S/C16H22N4O2.ClH/c1-2-16(7-4-8-18-16)14(21)19-12-5-3-6-13(11-12)20-10-9-17-15(20)22;/h3,5-6,11,18H,2,4,7-10H2,1H3,(H,17,22)(H,19,21);1H. The van der Waals surface area contributed by atoms with Gasteiger partial charge in [0.15, 0.2) is 0 Å². The summed E-state index contributed by atoms with van der Waals surface area (Å²) in [5, 5.41) is 9.10. The zero-order valence-corrected chi connectivity index (χ0v) is 14.0. The Hall–Kier alpha value is -1.79. The number of hydrogen-bond acceptors (Lipinski definition) is 3. The number of carbonyl (C=O) groups excluding carboxylic acids is 2. The van der Waals surface area contributed by atoms with E-state index in [1.807, 2.05) is 31.2 Å². The van der Waals surface area contributed by atoms with Gasteiger partial charge in [0.25, 0.3) is 0 Å². The molecule has 0 aliphatic carbocycles. The maximum absolute atomic E-state index is 12.6. The number of rotatable bonds is 4. The van der Waals surface area contributed by atoms with Crippen LogP contribution in [-0.2, 0) is 4.79 Å². The van der Waals surface area contributed by atoms with Gasteiger partial charge in [-0.15, -0.1) is 12.4 Å². The molecule has 3 rings (SSSR count). The van der Waals surface area contributed by atoms with Gasteiger partial charge in [0.2, 0.25) is 5.91 Å². The molecule has 0 radical (unpaired) electrons. The highest BCUT2D eigenvalue weighted by Crippen LogP contribution is 2.26. The molecule has 0 aromatic heterocycles. The maximum atomic E-state index is 12.6. The number of carbonyl (C=O) groups is 2. The number of amides is 3. The van der Waals surface area contributed by atoms with Gasteiger partial charge in [-0.05, 0) is 44.0 Å². The van der Waals surface area contributed by atoms with Crippen molar-refractivity contribution in [1.29, 1.82) is 0 Å². The van der Waals surface area contributed by atoms with Crippen molar-refractivity contribution >= 4 is 35.7 Å². The van der Waals surface area contributed by atoms with E-state index in [1.165, 1.54) is 0 Å². The summed E-state index contributed by atoms with van der Waals surface area (Å²) in [5.74, 6) is 0.00974.